The number of hydrogen-bond donors (Lipinski definition) is 2. The van der Waals surface area contributed by atoms with Crippen LogP contribution in [0.4, 0.5) is 15.9 Å². The van der Waals surface area contributed by atoms with E-state index in [2.05, 4.69) is 19.9 Å². The number of amides is 1. The van der Waals surface area contributed by atoms with Crippen LogP contribution in [0.25, 0.3) is 22.5 Å². The van der Waals surface area contributed by atoms with Gasteiger partial charge in [-0.25, -0.2) is 19.3 Å². The lowest BCUT2D eigenvalue weighted by Crippen LogP contribution is -2.21. The van der Waals surface area contributed by atoms with Gasteiger partial charge in [0.25, 0.3) is 5.91 Å². The lowest BCUT2D eigenvalue weighted by Gasteiger charge is -2.13. The third-order valence-electron chi connectivity index (χ3n) is 5.52. The minimum absolute atomic E-state index is 0.0111. The van der Waals surface area contributed by atoms with Gasteiger partial charge in [-0.15, -0.1) is 0 Å². The summed E-state index contributed by atoms with van der Waals surface area (Å²) in [6.07, 6.45) is 4.93. The first-order valence-electron chi connectivity index (χ1n) is 11.1. The van der Waals surface area contributed by atoms with Crippen molar-refractivity contribution in [1.82, 2.24) is 24.8 Å². The first-order valence-corrected chi connectivity index (χ1v) is 12.3. The first-order chi connectivity index (χ1) is 17.7. The maximum Gasteiger partial charge on any atom is 0.253 e. The predicted molar refractivity (Wildman–Crippen MR) is 142 cm³/mol. The number of nitrogens with two attached hydrogens (primary N) is 2. The summed E-state index contributed by atoms with van der Waals surface area (Å²) in [5.74, 6) is -0.945. The van der Waals surface area contributed by atoms with Gasteiger partial charge in [0, 0.05) is 55.7 Å². The Hall–Kier alpha value is -4.38. The average molecular weight is 518 g/mol. The van der Waals surface area contributed by atoms with E-state index in [0.29, 0.717) is 33.4 Å². The number of ketones is 1. The SMILES string of the molecule is CSc1nc(N)cc(-c2ccncc2CC(=O)c2nc(-c3cc(C(=O)N(C)C)ccc3F)ccc2N)n1. The summed E-state index contributed by atoms with van der Waals surface area (Å²) >= 11 is 1.35. The number of carbonyl (C=O) groups is 2. The highest BCUT2D eigenvalue weighted by atomic mass is 32.2. The van der Waals surface area contributed by atoms with E-state index in [9.17, 15) is 14.0 Å². The fraction of sp³-hybridized carbons (Fsp3) is 0.154. The van der Waals surface area contributed by atoms with Gasteiger partial charge >= 0.3 is 0 Å². The fourth-order valence-electron chi connectivity index (χ4n) is 3.70. The van der Waals surface area contributed by atoms with Crippen molar-refractivity contribution in [3.8, 4) is 22.5 Å². The summed E-state index contributed by atoms with van der Waals surface area (Å²) in [5, 5.41) is 0.500. The van der Waals surface area contributed by atoms with Crippen LogP contribution in [0.5, 0.6) is 0 Å². The van der Waals surface area contributed by atoms with Crippen LogP contribution in [0.2, 0.25) is 0 Å². The van der Waals surface area contributed by atoms with E-state index in [4.69, 9.17) is 11.5 Å². The molecule has 0 unspecified atom stereocenters. The quantitative estimate of drug-likeness (QED) is 0.213. The van der Waals surface area contributed by atoms with Gasteiger partial charge in [0.15, 0.2) is 10.9 Å². The van der Waals surface area contributed by atoms with E-state index < -0.39 is 5.82 Å². The molecule has 3 aromatic heterocycles. The third kappa shape index (κ3) is 5.56. The molecule has 3 heterocycles. The van der Waals surface area contributed by atoms with Gasteiger partial charge in [-0.05, 0) is 48.2 Å². The van der Waals surface area contributed by atoms with Gasteiger partial charge < -0.3 is 16.4 Å². The Balaban J connectivity index is 1.70. The molecule has 0 aliphatic carbocycles. The summed E-state index contributed by atoms with van der Waals surface area (Å²) in [7, 11) is 3.21. The van der Waals surface area contributed by atoms with Crippen molar-refractivity contribution in [2.75, 3.05) is 31.8 Å². The van der Waals surface area contributed by atoms with Crippen LogP contribution in [0.15, 0.2) is 60.0 Å². The molecule has 0 radical (unpaired) electrons. The zero-order chi connectivity index (χ0) is 26.7. The number of nitrogens with zero attached hydrogens (tertiary/aromatic N) is 5. The molecule has 37 heavy (non-hydrogen) atoms. The van der Waals surface area contributed by atoms with Crippen molar-refractivity contribution in [1.29, 1.82) is 0 Å². The second kappa shape index (κ2) is 10.7. The molecule has 0 aliphatic heterocycles. The molecule has 4 aromatic rings. The molecule has 0 saturated carbocycles. The number of anilines is 2. The summed E-state index contributed by atoms with van der Waals surface area (Å²) < 4.78 is 14.7. The zero-order valence-corrected chi connectivity index (χ0v) is 21.2. The largest absolute Gasteiger partial charge is 0.397 e. The standard InChI is InChI=1S/C26H24FN7O2S/c1-34(2)25(36)14-4-5-18(27)17(10-14)20-7-6-19(28)24(31-20)22(35)11-15-13-30-9-8-16(15)21-12-23(29)33-26(32-21)37-3/h4-10,12-13H,11,28H2,1-3H3,(H2,29,32,33). The summed E-state index contributed by atoms with van der Waals surface area (Å²) in [5.41, 5.74) is 14.5. The van der Waals surface area contributed by atoms with Gasteiger partial charge in [-0.3, -0.25) is 14.6 Å². The minimum Gasteiger partial charge on any atom is -0.397 e. The number of hydrogen-bond acceptors (Lipinski definition) is 9. The Labute approximate surface area is 217 Å². The second-order valence-electron chi connectivity index (χ2n) is 8.33. The molecule has 0 saturated heterocycles. The number of carbonyl (C=O) groups excluding carboxylic acids is 2. The molecule has 4 rings (SSSR count). The fourth-order valence-corrected chi connectivity index (χ4v) is 4.09. The van der Waals surface area contributed by atoms with Crippen LogP contribution in [0.1, 0.15) is 26.4 Å². The number of halogens is 1. The molecule has 11 heteroatoms. The van der Waals surface area contributed by atoms with Crippen LogP contribution in [0.3, 0.4) is 0 Å². The van der Waals surface area contributed by atoms with E-state index in [0.717, 1.165) is 0 Å². The molecule has 1 amide bonds. The Morgan fingerprint density at radius 2 is 1.76 bits per heavy atom. The Kier molecular flexibility index (Phi) is 7.44. The van der Waals surface area contributed by atoms with Gasteiger partial charge in [0.1, 0.15) is 17.3 Å². The van der Waals surface area contributed by atoms with E-state index in [1.165, 1.54) is 47.0 Å². The van der Waals surface area contributed by atoms with Crippen LogP contribution in [-0.2, 0) is 6.42 Å². The summed E-state index contributed by atoms with van der Waals surface area (Å²) in [6, 6.07) is 10.4. The number of thioether (sulfide) groups is 1. The lowest BCUT2D eigenvalue weighted by atomic mass is 9.99. The Morgan fingerprint density at radius 3 is 2.49 bits per heavy atom. The number of Topliss-reactive ketones (excluding diaryl/α,β-unsaturated/α-hetero) is 1. The normalized spacial score (nSPS) is 10.8. The van der Waals surface area contributed by atoms with Crippen LogP contribution in [0, 0.1) is 5.82 Å². The van der Waals surface area contributed by atoms with Gasteiger partial charge in [0.2, 0.25) is 0 Å². The van der Waals surface area contributed by atoms with Gasteiger partial charge in [-0.1, -0.05) is 11.8 Å². The van der Waals surface area contributed by atoms with Crippen molar-refractivity contribution < 1.29 is 14.0 Å². The molecule has 1 aromatic carbocycles. The maximum absolute atomic E-state index is 14.7. The highest BCUT2D eigenvalue weighted by Crippen LogP contribution is 2.28. The molecule has 188 valence electrons. The van der Waals surface area contributed by atoms with Crippen LogP contribution < -0.4 is 11.5 Å². The Bertz CT molecular complexity index is 1510. The molecular weight excluding hydrogens is 493 g/mol. The number of nitrogen functional groups attached to an aromatic ring is 2. The van der Waals surface area contributed by atoms with E-state index in [1.54, 1.807) is 38.6 Å². The summed E-state index contributed by atoms with van der Waals surface area (Å²) in [6.45, 7) is 0. The highest BCUT2D eigenvalue weighted by molar-refractivity contribution is 7.98. The Morgan fingerprint density at radius 1 is 0.973 bits per heavy atom. The molecule has 0 aliphatic rings. The number of benzene rings is 1. The molecule has 0 bridgehead atoms. The van der Waals surface area contributed by atoms with Crippen LogP contribution >= 0.6 is 11.8 Å². The number of aromatic nitrogens is 4. The predicted octanol–water partition coefficient (Wildman–Crippen LogP) is 3.75. The highest BCUT2D eigenvalue weighted by Gasteiger charge is 2.20. The van der Waals surface area contributed by atoms with E-state index >= 15 is 0 Å². The van der Waals surface area contributed by atoms with E-state index in [-0.39, 0.29) is 40.7 Å². The summed E-state index contributed by atoms with van der Waals surface area (Å²) in [4.78, 5) is 44.3. The number of rotatable bonds is 7. The molecule has 9 nitrogen and oxygen atoms in total. The van der Waals surface area contributed by atoms with Crippen molar-refractivity contribution in [2.45, 2.75) is 11.6 Å². The van der Waals surface area contributed by atoms with Crippen molar-refractivity contribution in [2.24, 2.45) is 0 Å². The number of pyridine rings is 2. The second-order valence-corrected chi connectivity index (χ2v) is 9.10. The monoisotopic (exact) mass is 517 g/mol. The van der Waals surface area contributed by atoms with Crippen molar-refractivity contribution in [3.63, 3.8) is 0 Å². The third-order valence-corrected chi connectivity index (χ3v) is 6.07. The topological polar surface area (TPSA) is 141 Å². The minimum atomic E-state index is -0.577. The van der Waals surface area contributed by atoms with Crippen LogP contribution in [-0.4, -0.2) is 56.9 Å². The maximum atomic E-state index is 14.7. The molecule has 0 spiro atoms. The van der Waals surface area contributed by atoms with Crippen molar-refractivity contribution in [3.05, 3.63) is 77.5 Å². The molecule has 0 fully saturated rings. The van der Waals surface area contributed by atoms with Gasteiger partial charge in [-0.2, -0.15) is 0 Å². The molecular formula is C26H24FN7O2S. The zero-order valence-electron chi connectivity index (χ0n) is 20.4. The molecule has 4 N–H and O–H groups in total. The van der Waals surface area contributed by atoms with Gasteiger partial charge in [0.05, 0.1) is 17.1 Å². The van der Waals surface area contributed by atoms with E-state index in [1.807, 2.05) is 6.26 Å². The lowest BCUT2D eigenvalue weighted by molar-refractivity contribution is 0.0827. The van der Waals surface area contributed by atoms with Crippen molar-refractivity contribution >= 4 is 35.0 Å². The average Bonchev–Trinajstić information content (AvgIpc) is 2.88. The molecule has 0 atom stereocenters. The smallest absolute Gasteiger partial charge is 0.253 e. The first kappa shape index (κ1) is 25.7.